The van der Waals surface area contributed by atoms with Crippen LogP contribution in [0.4, 0.5) is 11.4 Å². The minimum Gasteiger partial charge on any atom is -0.399 e. The van der Waals surface area contributed by atoms with Crippen LogP contribution in [0.1, 0.15) is 33.3 Å². The highest BCUT2D eigenvalue weighted by atomic mass is 16.7. The van der Waals surface area contributed by atoms with Crippen molar-refractivity contribution in [2.75, 3.05) is 5.01 Å². The molecule has 34 heavy (non-hydrogen) atoms. The monoisotopic (exact) mass is 448 g/mol. The SMILES string of the molecule is CC1(C)OB(c2cccc(-c3ccc4c5c(ccc4c3)CNN5c3ccccc3)c2)OC1(C)C. The molecule has 0 unspecified atom stereocenters. The maximum atomic E-state index is 6.28. The van der Waals surface area contributed by atoms with Crippen molar-refractivity contribution in [3.63, 3.8) is 0 Å². The van der Waals surface area contributed by atoms with Crippen LogP contribution >= 0.6 is 0 Å². The van der Waals surface area contributed by atoms with Crippen molar-refractivity contribution in [1.29, 1.82) is 0 Å². The molecule has 170 valence electrons. The highest BCUT2D eigenvalue weighted by Crippen LogP contribution is 2.40. The van der Waals surface area contributed by atoms with Crippen molar-refractivity contribution in [1.82, 2.24) is 5.43 Å². The number of benzene rings is 4. The Kier molecular flexibility index (Phi) is 4.85. The third-order valence-corrected chi connectivity index (χ3v) is 7.49. The summed E-state index contributed by atoms with van der Waals surface area (Å²) in [7, 11) is -0.362. The summed E-state index contributed by atoms with van der Waals surface area (Å²) in [5.41, 5.74) is 9.92. The quantitative estimate of drug-likeness (QED) is 0.392. The molecule has 0 aromatic heterocycles. The van der Waals surface area contributed by atoms with Crippen LogP contribution < -0.4 is 15.9 Å². The van der Waals surface area contributed by atoms with E-state index < -0.39 is 0 Å². The summed E-state index contributed by atoms with van der Waals surface area (Å²) in [6, 6.07) is 30.2. The van der Waals surface area contributed by atoms with Gasteiger partial charge in [0.2, 0.25) is 0 Å². The minimum absolute atomic E-state index is 0.352. The van der Waals surface area contributed by atoms with Crippen molar-refractivity contribution >= 4 is 34.7 Å². The van der Waals surface area contributed by atoms with E-state index in [1.165, 1.54) is 27.6 Å². The van der Waals surface area contributed by atoms with Crippen LogP contribution in [0.3, 0.4) is 0 Å². The van der Waals surface area contributed by atoms with Crippen molar-refractivity contribution in [2.24, 2.45) is 0 Å². The topological polar surface area (TPSA) is 33.7 Å². The second-order valence-electron chi connectivity index (χ2n) is 10.2. The Morgan fingerprint density at radius 1 is 0.765 bits per heavy atom. The molecular formula is C29H29BN2O2. The third-order valence-electron chi connectivity index (χ3n) is 7.49. The Morgan fingerprint density at radius 2 is 1.50 bits per heavy atom. The number of hydrogen-bond donors (Lipinski definition) is 1. The number of para-hydroxylation sites is 1. The summed E-state index contributed by atoms with van der Waals surface area (Å²) in [4.78, 5) is 0. The van der Waals surface area contributed by atoms with Gasteiger partial charge in [-0.15, -0.1) is 0 Å². The molecule has 0 saturated carbocycles. The summed E-state index contributed by atoms with van der Waals surface area (Å²) in [6.07, 6.45) is 0. The van der Waals surface area contributed by atoms with Gasteiger partial charge in [0.15, 0.2) is 0 Å². The Bertz CT molecular complexity index is 1370. The minimum atomic E-state index is -0.362. The highest BCUT2D eigenvalue weighted by molar-refractivity contribution is 6.62. The van der Waals surface area contributed by atoms with Gasteiger partial charge >= 0.3 is 7.12 Å². The molecule has 0 amide bonds. The fraction of sp³-hybridized carbons (Fsp3) is 0.241. The smallest absolute Gasteiger partial charge is 0.399 e. The molecule has 2 heterocycles. The first-order valence-electron chi connectivity index (χ1n) is 11.9. The molecule has 1 saturated heterocycles. The first-order chi connectivity index (χ1) is 16.3. The Hall–Kier alpha value is -3.12. The van der Waals surface area contributed by atoms with E-state index in [4.69, 9.17) is 9.31 Å². The molecule has 0 radical (unpaired) electrons. The predicted octanol–water partition coefficient (Wildman–Crippen LogP) is 5.96. The summed E-state index contributed by atoms with van der Waals surface area (Å²) in [5, 5.41) is 4.68. The molecule has 0 bridgehead atoms. The molecule has 4 nitrogen and oxygen atoms in total. The van der Waals surface area contributed by atoms with Gasteiger partial charge in [-0.05, 0) is 73.4 Å². The van der Waals surface area contributed by atoms with E-state index in [-0.39, 0.29) is 18.3 Å². The van der Waals surface area contributed by atoms with Gasteiger partial charge in [0.1, 0.15) is 0 Å². The number of nitrogens with one attached hydrogen (secondary N) is 1. The number of nitrogens with zero attached hydrogens (tertiary/aromatic N) is 1. The Morgan fingerprint density at radius 3 is 2.26 bits per heavy atom. The fourth-order valence-corrected chi connectivity index (χ4v) is 4.83. The van der Waals surface area contributed by atoms with Crippen molar-refractivity contribution in [3.8, 4) is 11.1 Å². The second kappa shape index (κ2) is 7.71. The fourth-order valence-electron chi connectivity index (χ4n) is 4.83. The van der Waals surface area contributed by atoms with Crippen molar-refractivity contribution in [2.45, 2.75) is 45.4 Å². The van der Waals surface area contributed by atoms with Gasteiger partial charge < -0.3 is 9.31 Å². The van der Waals surface area contributed by atoms with Crippen LogP contribution in [-0.2, 0) is 15.9 Å². The molecule has 4 aromatic carbocycles. The molecule has 4 aromatic rings. The van der Waals surface area contributed by atoms with E-state index in [1.807, 2.05) is 6.07 Å². The number of anilines is 2. The molecule has 0 spiro atoms. The molecule has 2 aliphatic rings. The van der Waals surface area contributed by atoms with Crippen LogP contribution in [0.15, 0.2) is 84.9 Å². The number of hydrogen-bond acceptors (Lipinski definition) is 4. The normalized spacial score (nSPS) is 18.5. The lowest BCUT2D eigenvalue weighted by Crippen LogP contribution is -2.41. The van der Waals surface area contributed by atoms with Gasteiger partial charge in [-0.3, -0.25) is 5.01 Å². The first-order valence-corrected chi connectivity index (χ1v) is 11.9. The number of rotatable bonds is 3. The summed E-state index contributed by atoms with van der Waals surface area (Å²) >= 11 is 0. The maximum absolute atomic E-state index is 6.28. The third kappa shape index (κ3) is 3.43. The first kappa shape index (κ1) is 21.4. The zero-order chi connectivity index (χ0) is 23.5. The molecule has 0 atom stereocenters. The molecular weight excluding hydrogens is 419 g/mol. The van der Waals surface area contributed by atoms with Crippen molar-refractivity contribution in [3.05, 3.63) is 90.5 Å². The maximum Gasteiger partial charge on any atom is 0.494 e. The predicted molar refractivity (Wildman–Crippen MR) is 141 cm³/mol. The van der Waals surface area contributed by atoms with Crippen molar-refractivity contribution < 1.29 is 9.31 Å². The van der Waals surface area contributed by atoms with E-state index in [1.54, 1.807) is 0 Å². The van der Waals surface area contributed by atoms with E-state index in [2.05, 4.69) is 117 Å². The zero-order valence-electron chi connectivity index (χ0n) is 20.1. The van der Waals surface area contributed by atoms with Crippen LogP contribution in [0.2, 0.25) is 0 Å². The highest BCUT2D eigenvalue weighted by Gasteiger charge is 2.51. The van der Waals surface area contributed by atoms with E-state index in [9.17, 15) is 0 Å². The Labute approximate surface area is 201 Å². The lowest BCUT2D eigenvalue weighted by molar-refractivity contribution is 0.00578. The standard InChI is InChI=1S/C29H29BN2O2/c1-28(2)29(3,4)34-30(33-28)24-10-8-9-20(18-24)21-15-16-26-22(17-21)13-14-23-19-31-32(27(23)26)25-11-6-5-7-12-25/h5-18,31H,19H2,1-4H3. The second-order valence-corrected chi connectivity index (χ2v) is 10.2. The van der Waals surface area contributed by atoms with Gasteiger partial charge in [-0.1, -0.05) is 66.7 Å². The summed E-state index contributed by atoms with van der Waals surface area (Å²) in [5.74, 6) is 0. The van der Waals surface area contributed by atoms with Crippen LogP contribution in [-0.4, -0.2) is 18.3 Å². The van der Waals surface area contributed by atoms with E-state index in [0.29, 0.717) is 0 Å². The van der Waals surface area contributed by atoms with E-state index in [0.717, 1.165) is 23.3 Å². The van der Waals surface area contributed by atoms with E-state index >= 15 is 0 Å². The zero-order valence-corrected chi connectivity index (χ0v) is 20.1. The lowest BCUT2D eigenvalue weighted by Gasteiger charge is -2.32. The number of fused-ring (bicyclic) bond motifs is 3. The molecule has 6 rings (SSSR count). The molecule has 0 aliphatic carbocycles. The van der Waals surface area contributed by atoms with Gasteiger partial charge in [0, 0.05) is 11.9 Å². The largest absolute Gasteiger partial charge is 0.494 e. The van der Waals surface area contributed by atoms with Crippen LogP contribution in [0.5, 0.6) is 0 Å². The number of hydrazine groups is 1. The van der Waals surface area contributed by atoms with Crippen LogP contribution in [0.25, 0.3) is 21.9 Å². The molecule has 1 N–H and O–H groups in total. The van der Waals surface area contributed by atoms with Gasteiger partial charge in [-0.2, -0.15) is 0 Å². The Balaban J connectivity index is 1.37. The van der Waals surface area contributed by atoms with Gasteiger partial charge in [0.25, 0.3) is 0 Å². The average molecular weight is 448 g/mol. The molecule has 5 heteroatoms. The van der Waals surface area contributed by atoms with Gasteiger partial charge in [-0.25, -0.2) is 5.43 Å². The van der Waals surface area contributed by atoms with Crippen LogP contribution in [0, 0.1) is 0 Å². The van der Waals surface area contributed by atoms with Gasteiger partial charge in [0.05, 0.1) is 22.6 Å². The molecule has 2 aliphatic heterocycles. The average Bonchev–Trinajstić information content (AvgIpc) is 3.37. The summed E-state index contributed by atoms with van der Waals surface area (Å²) < 4.78 is 12.6. The summed E-state index contributed by atoms with van der Waals surface area (Å²) in [6.45, 7) is 9.19. The molecule has 1 fully saturated rings. The lowest BCUT2D eigenvalue weighted by atomic mass is 9.78.